The number of nitrogens with zero attached hydrogens (tertiary/aromatic N) is 3. The Balaban J connectivity index is 1.20. The van der Waals surface area contributed by atoms with Crippen molar-refractivity contribution in [2.45, 2.75) is 51.9 Å². The highest BCUT2D eigenvalue weighted by atomic mass is 16.1. The van der Waals surface area contributed by atoms with E-state index in [-0.39, 0.29) is 11.8 Å². The Hall–Kier alpha value is -2.95. The van der Waals surface area contributed by atoms with Crippen molar-refractivity contribution in [3.63, 3.8) is 0 Å². The molecule has 1 amide bonds. The second kappa shape index (κ2) is 8.89. The van der Waals surface area contributed by atoms with Gasteiger partial charge in [-0.1, -0.05) is 37.3 Å². The smallest absolute Gasteiger partial charge is 0.226 e. The first-order chi connectivity index (χ1) is 15.6. The molecule has 1 aliphatic heterocycles. The molecule has 3 aromatic rings. The number of piperidine rings is 1. The van der Waals surface area contributed by atoms with Crippen LogP contribution in [-0.2, 0) is 17.6 Å². The Kier molecular flexibility index (Phi) is 5.81. The van der Waals surface area contributed by atoms with Gasteiger partial charge in [0.2, 0.25) is 11.9 Å². The van der Waals surface area contributed by atoms with Gasteiger partial charge in [-0.05, 0) is 73.8 Å². The highest BCUT2D eigenvalue weighted by Crippen LogP contribution is 2.30. The van der Waals surface area contributed by atoms with Crippen molar-refractivity contribution in [3.8, 4) is 0 Å². The maximum Gasteiger partial charge on any atom is 0.226 e. The standard InChI is InChI=1S/C27H32N4O/c1-18(20-7-4-3-5-8-20)17-28-26(32)21-11-13-31(14-12-21)27-29-19(2)24-15-22-9-6-10-23(22)16-25(24)30-27/h3-5,7-8,15-16,18,21H,6,9-14,17H2,1-2H3,(H,28,32)/t18-/m0/s1. The third-order valence-corrected chi connectivity index (χ3v) is 7.19. The number of amides is 1. The Morgan fingerprint density at radius 1 is 1.09 bits per heavy atom. The van der Waals surface area contributed by atoms with Gasteiger partial charge in [-0.2, -0.15) is 0 Å². The van der Waals surface area contributed by atoms with E-state index >= 15 is 0 Å². The van der Waals surface area contributed by atoms with E-state index in [1.54, 1.807) is 0 Å². The minimum absolute atomic E-state index is 0.0686. The first-order valence-electron chi connectivity index (χ1n) is 12.0. The van der Waals surface area contributed by atoms with Crippen molar-refractivity contribution in [2.75, 3.05) is 24.5 Å². The lowest BCUT2D eigenvalue weighted by Crippen LogP contribution is -2.42. The molecule has 1 N–H and O–H groups in total. The van der Waals surface area contributed by atoms with Crippen molar-refractivity contribution in [2.24, 2.45) is 5.92 Å². The van der Waals surface area contributed by atoms with Gasteiger partial charge in [-0.15, -0.1) is 0 Å². The zero-order valence-electron chi connectivity index (χ0n) is 19.1. The van der Waals surface area contributed by atoms with E-state index in [0.29, 0.717) is 12.5 Å². The fraction of sp³-hybridized carbons (Fsp3) is 0.444. The topological polar surface area (TPSA) is 58.1 Å². The number of aryl methyl sites for hydroxylation is 3. The Labute approximate surface area is 190 Å². The summed E-state index contributed by atoms with van der Waals surface area (Å²) in [5, 5.41) is 4.35. The van der Waals surface area contributed by atoms with Gasteiger partial charge in [0.05, 0.1) is 11.2 Å². The van der Waals surface area contributed by atoms with Crippen LogP contribution < -0.4 is 10.2 Å². The number of hydrogen-bond acceptors (Lipinski definition) is 4. The van der Waals surface area contributed by atoms with Gasteiger partial charge in [-0.25, -0.2) is 9.97 Å². The van der Waals surface area contributed by atoms with E-state index in [9.17, 15) is 4.79 Å². The molecule has 2 heterocycles. The van der Waals surface area contributed by atoms with Gasteiger partial charge >= 0.3 is 0 Å². The van der Waals surface area contributed by atoms with Gasteiger partial charge < -0.3 is 10.2 Å². The highest BCUT2D eigenvalue weighted by molar-refractivity contribution is 5.84. The maximum atomic E-state index is 12.8. The van der Waals surface area contributed by atoms with Crippen molar-refractivity contribution in [1.82, 2.24) is 15.3 Å². The summed E-state index contributed by atoms with van der Waals surface area (Å²) in [7, 11) is 0. The molecule has 0 unspecified atom stereocenters. The van der Waals surface area contributed by atoms with Crippen molar-refractivity contribution in [3.05, 3.63) is 64.8 Å². The minimum Gasteiger partial charge on any atom is -0.355 e. The zero-order chi connectivity index (χ0) is 22.1. The van der Waals surface area contributed by atoms with E-state index < -0.39 is 0 Å². The van der Waals surface area contributed by atoms with Crippen LogP contribution in [0.5, 0.6) is 0 Å². The molecule has 1 fully saturated rings. The van der Waals surface area contributed by atoms with Crippen LogP contribution in [0.4, 0.5) is 5.95 Å². The third kappa shape index (κ3) is 4.21. The van der Waals surface area contributed by atoms with Crippen LogP contribution in [0.25, 0.3) is 10.9 Å². The summed E-state index contributed by atoms with van der Waals surface area (Å²) in [6, 6.07) is 14.9. The normalized spacial score (nSPS) is 17.4. The van der Waals surface area contributed by atoms with Crippen molar-refractivity contribution < 1.29 is 4.79 Å². The number of carbonyl (C=O) groups excluding carboxylic acids is 1. The first kappa shape index (κ1) is 20.9. The largest absolute Gasteiger partial charge is 0.355 e. The summed E-state index contributed by atoms with van der Waals surface area (Å²) in [5.41, 5.74) is 6.28. The van der Waals surface area contributed by atoms with Gasteiger partial charge in [0, 0.05) is 30.9 Å². The number of nitrogens with one attached hydrogen (secondary N) is 1. The molecule has 1 aliphatic carbocycles. The van der Waals surface area contributed by atoms with E-state index in [0.717, 1.165) is 49.5 Å². The Morgan fingerprint density at radius 2 is 1.81 bits per heavy atom. The molecule has 0 spiro atoms. The summed E-state index contributed by atoms with van der Waals surface area (Å²) in [6.07, 6.45) is 5.26. The average molecular weight is 429 g/mol. The van der Waals surface area contributed by atoms with Crippen LogP contribution in [0.15, 0.2) is 42.5 Å². The van der Waals surface area contributed by atoms with Crippen LogP contribution in [0.1, 0.15) is 54.5 Å². The van der Waals surface area contributed by atoms with Gasteiger partial charge in [0.1, 0.15) is 0 Å². The molecule has 2 aliphatic rings. The minimum atomic E-state index is 0.0686. The van der Waals surface area contributed by atoms with E-state index in [2.05, 4.69) is 48.3 Å². The molecule has 1 aromatic heterocycles. The van der Waals surface area contributed by atoms with E-state index in [4.69, 9.17) is 9.97 Å². The van der Waals surface area contributed by atoms with Gasteiger partial charge in [0.15, 0.2) is 0 Å². The molecule has 0 radical (unpaired) electrons. The lowest BCUT2D eigenvalue weighted by atomic mass is 9.95. The molecule has 2 aromatic carbocycles. The summed E-state index contributed by atoms with van der Waals surface area (Å²) >= 11 is 0. The monoisotopic (exact) mass is 428 g/mol. The molecule has 5 rings (SSSR count). The fourth-order valence-corrected chi connectivity index (χ4v) is 5.12. The van der Waals surface area contributed by atoms with Crippen LogP contribution in [0.2, 0.25) is 0 Å². The highest BCUT2D eigenvalue weighted by Gasteiger charge is 2.27. The second-order valence-corrected chi connectivity index (χ2v) is 9.42. The predicted molar refractivity (Wildman–Crippen MR) is 129 cm³/mol. The number of anilines is 1. The second-order valence-electron chi connectivity index (χ2n) is 9.42. The SMILES string of the molecule is Cc1nc(N2CCC(C(=O)NC[C@H](C)c3ccccc3)CC2)nc2cc3c(cc12)CCC3. The van der Waals surface area contributed by atoms with Crippen LogP contribution in [0.3, 0.4) is 0 Å². The molecule has 166 valence electrons. The number of aromatic nitrogens is 2. The van der Waals surface area contributed by atoms with E-state index in [1.165, 1.54) is 34.9 Å². The molecule has 5 heteroatoms. The van der Waals surface area contributed by atoms with Crippen LogP contribution in [0, 0.1) is 12.8 Å². The third-order valence-electron chi connectivity index (χ3n) is 7.19. The Bertz CT molecular complexity index is 1120. The molecule has 0 saturated carbocycles. The summed E-state index contributed by atoms with van der Waals surface area (Å²) < 4.78 is 0. The molecule has 1 atom stereocenters. The zero-order valence-corrected chi connectivity index (χ0v) is 19.1. The quantitative estimate of drug-likeness (QED) is 0.647. The summed E-state index contributed by atoms with van der Waals surface area (Å²) in [4.78, 5) is 24.7. The van der Waals surface area contributed by atoms with Crippen LogP contribution in [-0.4, -0.2) is 35.5 Å². The summed E-state index contributed by atoms with van der Waals surface area (Å²) in [5.74, 6) is 1.37. The average Bonchev–Trinajstić information content (AvgIpc) is 3.29. The number of fused-ring (bicyclic) bond motifs is 2. The molecule has 0 bridgehead atoms. The van der Waals surface area contributed by atoms with Crippen molar-refractivity contribution >= 4 is 22.8 Å². The number of carbonyl (C=O) groups is 1. The van der Waals surface area contributed by atoms with Gasteiger partial charge in [-0.3, -0.25) is 4.79 Å². The van der Waals surface area contributed by atoms with Crippen LogP contribution >= 0.6 is 0 Å². The van der Waals surface area contributed by atoms with E-state index in [1.807, 2.05) is 18.2 Å². The lowest BCUT2D eigenvalue weighted by Gasteiger charge is -2.31. The number of hydrogen-bond donors (Lipinski definition) is 1. The first-order valence-corrected chi connectivity index (χ1v) is 12.0. The molecule has 5 nitrogen and oxygen atoms in total. The Morgan fingerprint density at radius 3 is 2.56 bits per heavy atom. The molecular weight excluding hydrogens is 396 g/mol. The number of benzene rings is 2. The maximum absolute atomic E-state index is 12.8. The lowest BCUT2D eigenvalue weighted by molar-refractivity contribution is -0.125. The summed E-state index contributed by atoms with van der Waals surface area (Å²) in [6.45, 7) is 6.57. The molecular formula is C27H32N4O. The number of rotatable bonds is 5. The molecule has 32 heavy (non-hydrogen) atoms. The fourth-order valence-electron chi connectivity index (χ4n) is 5.12. The molecule has 1 saturated heterocycles. The van der Waals surface area contributed by atoms with Crippen molar-refractivity contribution in [1.29, 1.82) is 0 Å². The predicted octanol–water partition coefficient (Wildman–Crippen LogP) is 4.56. The van der Waals surface area contributed by atoms with Gasteiger partial charge in [0.25, 0.3) is 0 Å².